The molecule has 2 N–H and O–H groups in total. The van der Waals surface area contributed by atoms with Gasteiger partial charge in [0, 0.05) is 6.04 Å². The molecule has 1 saturated carbocycles. The standard InChI is InChI=1S/C7H11ClN2O2/c1-4(8)6(11)10-7(12)9-5-2-3-5/h4-5H,2-3H2,1H3,(H2,9,10,11,12)/t4-/m1/s1. The first-order chi connectivity index (χ1) is 5.59. The first kappa shape index (κ1) is 9.32. The average molecular weight is 191 g/mol. The van der Waals surface area contributed by atoms with E-state index in [1.165, 1.54) is 6.92 Å². The average Bonchev–Trinajstić information content (AvgIpc) is 2.71. The van der Waals surface area contributed by atoms with E-state index in [9.17, 15) is 9.59 Å². The maximum atomic E-state index is 10.9. The lowest BCUT2D eigenvalue weighted by molar-refractivity contribution is -0.119. The second-order valence-electron chi connectivity index (χ2n) is 2.85. The number of imide groups is 1. The van der Waals surface area contributed by atoms with Crippen molar-refractivity contribution in [3.8, 4) is 0 Å². The number of carbonyl (C=O) groups is 2. The molecule has 0 saturated heterocycles. The van der Waals surface area contributed by atoms with Gasteiger partial charge in [0.1, 0.15) is 5.38 Å². The van der Waals surface area contributed by atoms with E-state index in [1.807, 2.05) is 0 Å². The van der Waals surface area contributed by atoms with Crippen molar-refractivity contribution in [2.75, 3.05) is 0 Å². The second kappa shape index (κ2) is 3.76. The van der Waals surface area contributed by atoms with Crippen molar-refractivity contribution in [3.05, 3.63) is 0 Å². The van der Waals surface area contributed by atoms with E-state index in [1.54, 1.807) is 0 Å². The molecular formula is C7H11ClN2O2. The van der Waals surface area contributed by atoms with E-state index in [2.05, 4.69) is 10.6 Å². The third-order valence-electron chi connectivity index (χ3n) is 1.51. The zero-order valence-electron chi connectivity index (χ0n) is 6.76. The third kappa shape index (κ3) is 3.09. The van der Waals surface area contributed by atoms with Crippen molar-refractivity contribution in [3.63, 3.8) is 0 Å². The fourth-order valence-electron chi connectivity index (χ4n) is 0.660. The molecule has 4 nitrogen and oxygen atoms in total. The maximum absolute atomic E-state index is 10.9. The van der Waals surface area contributed by atoms with Crippen molar-refractivity contribution < 1.29 is 9.59 Å². The summed E-state index contributed by atoms with van der Waals surface area (Å²) in [6.45, 7) is 1.52. The molecule has 68 valence electrons. The number of hydrogen-bond acceptors (Lipinski definition) is 2. The Balaban J connectivity index is 2.20. The van der Waals surface area contributed by atoms with E-state index < -0.39 is 17.3 Å². The van der Waals surface area contributed by atoms with E-state index in [0.29, 0.717) is 0 Å². The maximum Gasteiger partial charge on any atom is 0.321 e. The minimum atomic E-state index is -0.671. The molecule has 5 heteroatoms. The number of urea groups is 1. The van der Waals surface area contributed by atoms with Gasteiger partial charge in [-0.15, -0.1) is 11.6 Å². The minimum absolute atomic E-state index is 0.253. The van der Waals surface area contributed by atoms with Crippen LogP contribution in [0.3, 0.4) is 0 Å². The number of amides is 3. The summed E-state index contributed by atoms with van der Waals surface area (Å²) in [5, 5.41) is 4.07. The molecule has 0 unspecified atom stereocenters. The van der Waals surface area contributed by atoms with Gasteiger partial charge in [-0.25, -0.2) is 4.79 Å². The Labute approximate surface area is 75.6 Å². The molecule has 1 rings (SSSR count). The Hall–Kier alpha value is -0.770. The summed E-state index contributed by atoms with van der Waals surface area (Å²) in [6.07, 6.45) is 2.00. The van der Waals surface area contributed by atoms with Gasteiger partial charge in [0.2, 0.25) is 5.91 Å². The zero-order chi connectivity index (χ0) is 9.14. The molecule has 0 spiro atoms. The van der Waals surface area contributed by atoms with Crippen LogP contribution in [0.25, 0.3) is 0 Å². The lowest BCUT2D eigenvalue weighted by atomic mass is 10.4. The Morgan fingerprint density at radius 2 is 2.08 bits per heavy atom. The largest absolute Gasteiger partial charge is 0.335 e. The van der Waals surface area contributed by atoms with Gasteiger partial charge in [-0.1, -0.05) is 0 Å². The lowest BCUT2D eigenvalue weighted by Gasteiger charge is -2.05. The highest BCUT2D eigenvalue weighted by Gasteiger charge is 2.24. The predicted molar refractivity (Wildman–Crippen MR) is 45.0 cm³/mol. The molecule has 1 atom stereocenters. The smallest absolute Gasteiger partial charge is 0.321 e. The summed E-state index contributed by atoms with van der Waals surface area (Å²) < 4.78 is 0. The van der Waals surface area contributed by atoms with Gasteiger partial charge in [0.25, 0.3) is 0 Å². The van der Waals surface area contributed by atoms with E-state index in [4.69, 9.17) is 11.6 Å². The molecule has 0 aromatic carbocycles. The van der Waals surface area contributed by atoms with Crippen molar-refractivity contribution >= 4 is 23.5 Å². The van der Waals surface area contributed by atoms with Crippen LogP contribution in [0.1, 0.15) is 19.8 Å². The number of halogens is 1. The molecule has 12 heavy (non-hydrogen) atoms. The van der Waals surface area contributed by atoms with Gasteiger partial charge < -0.3 is 5.32 Å². The van der Waals surface area contributed by atoms with Crippen LogP contribution in [-0.2, 0) is 4.79 Å². The van der Waals surface area contributed by atoms with Crippen LogP contribution < -0.4 is 10.6 Å². The fraction of sp³-hybridized carbons (Fsp3) is 0.714. The first-order valence-electron chi connectivity index (χ1n) is 3.85. The molecule has 1 aliphatic rings. The van der Waals surface area contributed by atoms with Crippen molar-refractivity contribution in [2.24, 2.45) is 0 Å². The number of hydrogen-bond donors (Lipinski definition) is 2. The van der Waals surface area contributed by atoms with Gasteiger partial charge in [0.15, 0.2) is 0 Å². The second-order valence-corrected chi connectivity index (χ2v) is 3.51. The van der Waals surface area contributed by atoms with Gasteiger partial charge in [-0.05, 0) is 19.8 Å². The Kier molecular flexibility index (Phi) is 2.92. The quantitative estimate of drug-likeness (QED) is 0.627. The van der Waals surface area contributed by atoms with Crippen LogP contribution in [0.15, 0.2) is 0 Å². The SMILES string of the molecule is C[C@@H](Cl)C(=O)NC(=O)NC1CC1. The molecule has 1 fully saturated rings. The zero-order valence-corrected chi connectivity index (χ0v) is 7.52. The van der Waals surface area contributed by atoms with Gasteiger partial charge >= 0.3 is 6.03 Å². The highest BCUT2D eigenvalue weighted by molar-refractivity contribution is 6.31. The third-order valence-corrected chi connectivity index (χ3v) is 1.71. The molecule has 0 radical (unpaired) electrons. The number of carbonyl (C=O) groups excluding carboxylic acids is 2. The fourth-order valence-corrected chi connectivity index (χ4v) is 0.715. The van der Waals surface area contributed by atoms with Crippen LogP contribution in [-0.4, -0.2) is 23.4 Å². The number of rotatable bonds is 2. The molecule has 3 amide bonds. The van der Waals surface area contributed by atoms with Gasteiger partial charge in [-0.2, -0.15) is 0 Å². The van der Waals surface area contributed by atoms with Crippen LogP contribution in [0, 0.1) is 0 Å². The summed E-state index contributed by atoms with van der Waals surface area (Å²) in [4.78, 5) is 21.8. The number of nitrogens with one attached hydrogen (secondary N) is 2. The van der Waals surface area contributed by atoms with Crippen LogP contribution in [0.4, 0.5) is 4.79 Å². The first-order valence-corrected chi connectivity index (χ1v) is 4.28. The molecule has 1 aliphatic carbocycles. The molecule has 0 aromatic rings. The number of alkyl halides is 1. The summed E-state index contributed by atoms with van der Waals surface area (Å²) in [5.41, 5.74) is 0. The summed E-state index contributed by atoms with van der Waals surface area (Å²) in [5.74, 6) is -0.463. The lowest BCUT2D eigenvalue weighted by Crippen LogP contribution is -2.43. The Morgan fingerprint density at radius 1 is 1.50 bits per heavy atom. The minimum Gasteiger partial charge on any atom is -0.335 e. The van der Waals surface area contributed by atoms with Crippen molar-refractivity contribution in [1.29, 1.82) is 0 Å². The van der Waals surface area contributed by atoms with E-state index in [-0.39, 0.29) is 6.04 Å². The summed E-state index contributed by atoms with van der Waals surface area (Å²) >= 11 is 5.43. The molecule has 0 bridgehead atoms. The summed E-state index contributed by atoms with van der Waals surface area (Å²) in [6, 6.07) is -0.196. The molecule has 0 aliphatic heterocycles. The van der Waals surface area contributed by atoms with Gasteiger partial charge in [-0.3, -0.25) is 10.1 Å². The molecule has 0 aromatic heterocycles. The molecule has 0 heterocycles. The van der Waals surface area contributed by atoms with E-state index in [0.717, 1.165) is 12.8 Å². The summed E-state index contributed by atoms with van der Waals surface area (Å²) in [7, 11) is 0. The monoisotopic (exact) mass is 190 g/mol. The highest BCUT2D eigenvalue weighted by Crippen LogP contribution is 2.18. The van der Waals surface area contributed by atoms with Crippen molar-refractivity contribution in [2.45, 2.75) is 31.2 Å². The normalized spacial score (nSPS) is 18.2. The van der Waals surface area contributed by atoms with Gasteiger partial charge in [0.05, 0.1) is 0 Å². The van der Waals surface area contributed by atoms with Crippen molar-refractivity contribution in [1.82, 2.24) is 10.6 Å². The van der Waals surface area contributed by atoms with E-state index >= 15 is 0 Å². The topological polar surface area (TPSA) is 58.2 Å². The molecular weight excluding hydrogens is 180 g/mol. The highest BCUT2D eigenvalue weighted by atomic mass is 35.5. The predicted octanol–water partition coefficient (Wildman–Crippen LogP) is 0.602. The van der Waals surface area contributed by atoms with Crippen LogP contribution in [0.2, 0.25) is 0 Å². The Bertz CT molecular complexity index is 202. The van der Waals surface area contributed by atoms with Crippen LogP contribution >= 0.6 is 11.6 Å². The van der Waals surface area contributed by atoms with Crippen LogP contribution in [0.5, 0.6) is 0 Å². The Morgan fingerprint density at radius 3 is 2.50 bits per heavy atom.